The summed E-state index contributed by atoms with van der Waals surface area (Å²) in [5.74, 6) is 2.21. The van der Waals surface area contributed by atoms with E-state index in [4.69, 9.17) is 4.74 Å². The number of imidazole rings is 1. The fourth-order valence-corrected chi connectivity index (χ4v) is 6.17. The maximum Gasteiger partial charge on any atom is 0.303 e. The zero-order chi connectivity index (χ0) is 24.6. The van der Waals surface area contributed by atoms with Crippen molar-refractivity contribution in [1.29, 1.82) is 0 Å². The second-order valence-corrected chi connectivity index (χ2v) is 10.6. The van der Waals surface area contributed by atoms with Crippen LogP contribution in [0.2, 0.25) is 0 Å². The Morgan fingerprint density at radius 2 is 2.14 bits per heavy atom. The lowest BCUT2D eigenvalue weighted by molar-refractivity contribution is -0.137. The number of hydrogen-bond donors (Lipinski definition) is 1. The van der Waals surface area contributed by atoms with Gasteiger partial charge in [-0.2, -0.15) is 0 Å². The first-order chi connectivity index (χ1) is 17.0. The minimum Gasteiger partial charge on any atom is -0.497 e. The van der Waals surface area contributed by atoms with Gasteiger partial charge in [-0.1, -0.05) is 0 Å². The second kappa shape index (κ2) is 12.4. The Hall–Kier alpha value is -2.58. The Labute approximate surface area is 211 Å². The summed E-state index contributed by atoms with van der Waals surface area (Å²) in [6, 6.07) is 8.17. The lowest BCUT2D eigenvalue weighted by atomic mass is 9.79. The van der Waals surface area contributed by atoms with Crippen molar-refractivity contribution in [1.82, 2.24) is 19.4 Å². The molecular weight excluding hydrogens is 460 g/mol. The average Bonchev–Trinajstić information content (AvgIpc) is 3.28. The number of hydrogen-bond acceptors (Lipinski definition) is 6. The third kappa shape index (κ3) is 6.98. The minimum atomic E-state index is -0.690. The van der Waals surface area contributed by atoms with E-state index in [1.807, 2.05) is 49.7 Å². The van der Waals surface area contributed by atoms with E-state index < -0.39 is 5.97 Å². The molecule has 0 bridgehead atoms. The van der Waals surface area contributed by atoms with Crippen LogP contribution >= 0.6 is 11.8 Å². The summed E-state index contributed by atoms with van der Waals surface area (Å²) in [5, 5.41) is 11.6. The smallest absolute Gasteiger partial charge is 0.303 e. The van der Waals surface area contributed by atoms with Crippen molar-refractivity contribution in [3.63, 3.8) is 0 Å². The summed E-state index contributed by atoms with van der Waals surface area (Å²) in [7, 11) is 3.71. The lowest BCUT2D eigenvalue weighted by Gasteiger charge is -2.39. The number of pyridine rings is 1. The number of likely N-dealkylation sites (tertiary alicyclic amines) is 1. The summed E-state index contributed by atoms with van der Waals surface area (Å²) >= 11 is 1.83. The van der Waals surface area contributed by atoms with Gasteiger partial charge in [-0.3, -0.25) is 9.78 Å². The molecule has 188 valence electrons. The highest BCUT2D eigenvalue weighted by molar-refractivity contribution is 7.99. The van der Waals surface area contributed by atoms with E-state index in [-0.39, 0.29) is 6.42 Å². The first-order valence-corrected chi connectivity index (χ1v) is 13.5. The molecule has 2 aromatic heterocycles. The maximum absolute atomic E-state index is 11.3. The summed E-state index contributed by atoms with van der Waals surface area (Å²) in [5.41, 5.74) is 2.31. The van der Waals surface area contributed by atoms with Crippen LogP contribution in [0.4, 0.5) is 0 Å². The Morgan fingerprint density at radius 1 is 1.26 bits per heavy atom. The lowest BCUT2D eigenvalue weighted by Crippen LogP contribution is -2.41. The molecule has 1 saturated heterocycles. The van der Waals surface area contributed by atoms with Gasteiger partial charge in [0.25, 0.3) is 0 Å². The molecule has 1 aliphatic heterocycles. The van der Waals surface area contributed by atoms with Gasteiger partial charge in [0.2, 0.25) is 0 Å². The molecule has 0 spiro atoms. The number of piperidine rings is 1. The molecule has 1 aromatic carbocycles. The summed E-state index contributed by atoms with van der Waals surface area (Å²) < 4.78 is 7.47. The number of carbonyl (C=O) groups is 1. The van der Waals surface area contributed by atoms with Gasteiger partial charge in [-0.15, -0.1) is 11.8 Å². The number of rotatable bonds is 12. The Bertz CT molecular complexity index is 1120. The quantitative estimate of drug-likeness (QED) is 0.357. The monoisotopic (exact) mass is 496 g/mol. The minimum absolute atomic E-state index is 0.258. The van der Waals surface area contributed by atoms with Crippen molar-refractivity contribution >= 4 is 28.6 Å². The number of aliphatic carboxylic acids is 1. The highest BCUT2D eigenvalue weighted by Crippen LogP contribution is 2.32. The second-order valence-electron chi connectivity index (χ2n) is 9.48. The van der Waals surface area contributed by atoms with Gasteiger partial charge in [0.15, 0.2) is 0 Å². The highest BCUT2D eigenvalue weighted by atomic mass is 32.2. The number of nitrogens with zero attached hydrogens (tertiary/aromatic N) is 4. The Balaban J connectivity index is 1.32. The molecule has 3 aromatic rings. The van der Waals surface area contributed by atoms with Crippen LogP contribution in [0, 0.1) is 11.8 Å². The van der Waals surface area contributed by atoms with Crippen LogP contribution in [0.25, 0.3) is 10.9 Å². The molecule has 0 saturated carbocycles. The molecule has 3 heterocycles. The molecule has 0 aliphatic carbocycles. The van der Waals surface area contributed by atoms with Gasteiger partial charge in [0.05, 0.1) is 30.2 Å². The predicted octanol–water partition coefficient (Wildman–Crippen LogP) is 4.89. The van der Waals surface area contributed by atoms with Crippen LogP contribution in [-0.4, -0.2) is 63.0 Å². The number of thioether (sulfide) groups is 1. The van der Waals surface area contributed by atoms with Crippen molar-refractivity contribution in [3.8, 4) is 5.75 Å². The zero-order valence-electron chi connectivity index (χ0n) is 20.7. The highest BCUT2D eigenvalue weighted by Gasteiger charge is 2.29. The molecule has 8 heteroatoms. The van der Waals surface area contributed by atoms with Crippen LogP contribution in [0.15, 0.2) is 48.0 Å². The topological polar surface area (TPSA) is 80.5 Å². The third-order valence-electron chi connectivity index (χ3n) is 7.19. The first kappa shape index (κ1) is 25.5. The largest absolute Gasteiger partial charge is 0.497 e. The molecule has 35 heavy (non-hydrogen) atoms. The summed E-state index contributed by atoms with van der Waals surface area (Å²) in [4.78, 5) is 22.5. The van der Waals surface area contributed by atoms with E-state index in [0.29, 0.717) is 11.8 Å². The van der Waals surface area contributed by atoms with Crippen molar-refractivity contribution in [2.75, 3.05) is 32.5 Å². The van der Waals surface area contributed by atoms with Gasteiger partial charge in [-0.05, 0) is 80.3 Å². The van der Waals surface area contributed by atoms with Crippen molar-refractivity contribution in [2.45, 2.75) is 43.6 Å². The standard InChI is InChI=1S/C27H36N4O3S/c1-30-19-28-17-26(30)35-15-14-31-13-11-20(22(18-31)6-9-27(32)33)4-3-5-21-10-12-29-25-8-7-23(34-2)16-24(21)25/h7-8,10,12,16-17,19-20,22H,3-6,9,11,13-15,18H2,1-2H3,(H,32,33). The fraction of sp³-hybridized carbons (Fsp3) is 0.519. The molecule has 7 nitrogen and oxygen atoms in total. The first-order valence-electron chi connectivity index (χ1n) is 12.5. The number of ether oxygens (including phenoxy) is 1. The Kier molecular flexibility index (Phi) is 9.04. The van der Waals surface area contributed by atoms with Crippen LogP contribution in [0.5, 0.6) is 5.75 Å². The van der Waals surface area contributed by atoms with Crippen molar-refractivity contribution in [2.24, 2.45) is 18.9 Å². The van der Waals surface area contributed by atoms with Gasteiger partial charge in [-0.25, -0.2) is 4.98 Å². The Morgan fingerprint density at radius 3 is 2.91 bits per heavy atom. The SMILES string of the molecule is COc1ccc2nccc(CCCC3CCN(CCSc4cncn4C)CC3CCC(=O)O)c2c1. The fourth-order valence-electron chi connectivity index (χ4n) is 5.22. The molecule has 1 N–H and O–H groups in total. The van der Waals surface area contributed by atoms with Crippen LogP contribution in [0.3, 0.4) is 0 Å². The molecule has 1 fully saturated rings. The number of aryl methyl sites for hydroxylation is 2. The van der Waals surface area contributed by atoms with E-state index in [0.717, 1.165) is 74.1 Å². The van der Waals surface area contributed by atoms with Gasteiger partial charge >= 0.3 is 5.97 Å². The summed E-state index contributed by atoms with van der Waals surface area (Å²) in [6.07, 6.45) is 11.0. The number of methoxy groups -OCH3 is 1. The molecule has 1 aliphatic rings. The molecular formula is C27H36N4O3S. The van der Waals surface area contributed by atoms with E-state index >= 15 is 0 Å². The number of carboxylic acids is 1. The number of fused-ring (bicyclic) bond motifs is 1. The van der Waals surface area contributed by atoms with Gasteiger partial charge < -0.3 is 19.3 Å². The average molecular weight is 497 g/mol. The molecule has 2 atom stereocenters. The van der Waals surface area contributed by atoms with E-state index in [1.165, 1.54) is 10.6 Å². The molecule has 2 unspecified atom stereocenters. The van der Waals surface area contributed by atoms with E-state index in [9.17, 15) is 9.90 Å². The van der Waals surface area contributed by atoms with Crippen LogP contribution < -0.4 is 4.74 Å². The van der Waals surface area contributed by atoms with Gasteiger partial charge in [0, 0.05) is 43.9 Å². The predicted molar refractivity (Wildman–Crippen MR) is 140 cm³/mol. The maximum atomic E-state index is 11.3. The van der Waals surface area contributed by atoms with Crippen molar-refractivity contribution < 1.29 is 14.6 Å². The normalized spacial score (nSPS) is 18.7. The number of benzene rings is 1. The van der Waals surface area contributed by atoms with E-state index in [1.54, 1.807) is 7.11 Å². The van der Waals surface area contributed by atoms with Crippen LogP contribution in [0.1, 0.15) is 37.7 Å². The number of carboxylic acid groups (broad SMARTS) is 1. The van der Waals surface area contributed by atoms with E-state index in [2.05, 4.69) is 31.6 Å². The summed E-state index contributed by atoms with van der Waals surface area (Å²) in [6.45, 7) is 3.12. The molecule has 0 amide bonds. The molecule has 0 radical (unpaired) electrons. The number of aromatic nitrogens is 3. The zero-order valence-corrected chi connectivity index (χ0v) is 21.5. The molecule has 4 rings (SSSR count). The van der Waals surface area contributed by atoms with Crippen LogP contribution in [-0.2, 0) is 18.3 Å². The van der Waals surface area contributed by atoms with Gasteiger partial charge in [0.1, 0.15) is 5.75 Å². The van der Waals surface area contributed by atoms with Crippen molar-refractivity contribution in [3.05, 3.63) is 48.5 Å². The third-order valence-corrected chi connectivity index (χ3v) is 8.27.